The zero-order chi connectivity index (χ0) is 12.4. The smallest absolute Gasteiger partial charge is 0.206 e. The van der Waals surface area contributed by atoms with E-state index in [1.165, 1.54) is 19.3 Å². The van der Waals surface area contributed by atoms with Gasteiger partial charge in [-0.05, 0) is 19.8 Å². The molecule has 0 aromatic carbocycles. The quantitative estimate of drug-likeness (QED) is 0.915. The van der Waals surface area contributed by atoms with Crippen LogP contribution in [0.2, 0.25) is 0 Å². The van der Waals surface area contributed by atoms with Crippen LogP contribution >= 0.6 is 11.3 Å². The monoisotopic (exact) mass is 264 g/mol. The van der Waals surface area contributed by atoms with Gasteiger partial charge in [0.05, 0.1) is 6.54 Å². The van der Waals surface area contributed by atoms with Crippen molar-refractivity contribution in [3.63, 3.8) is 0 Å². The Morgan fingerprint density at radius 2 is 2.11 bits per heavy atom. The van der Waals surface area contributed by atoms with Crippen molar-refractivity contribution in [3.05, 3.63) is 16.7 Å². The second-order valence-electron chi connectivity index (χ2n) is 4.47. The first-order chi connectivity index (χ1) is 8.83. The lowest BCUT2D eigenvalue weighted by Crippen LogP contribution is -2.10. The van der Waals surface area contributed by atoms with Crippen LogP contribution in [0.15, 0.2) is 0 Å². The number of fused-ring (bicyclic) bond motifs is 1. The number of aryl methyl sites for hydroxylation is 2. The topological polar surface area (TPSA) is 68.5 Å². The molecule has 7 heteroatoms. The largest absolute Gasteiger partial charge is 0.353 e. The summed E-state index contributed by atoms with van der Waals surface area (Å²) < 4.78 is 2.24. The standard InChI is InChI=1S/C11H16N6S/c1-8-13-16-11(18-8)12-7-10-15-14-9-5-3-2-4-6-17(9)10/h2-7H2,1H3,(H,12,16). The molecule has 0 atom stereocenters. The SMILES string of the molecule is Cc1nnc(NCc2nnc3n2CCCCC3)s1. The second-order valence-corrected chi connectivity index (χ2v) is 5.66. The van der Waals surface area contributed by atoms with Crippen molar-refractivity contribution < 1.29 is 0 Å². The molecule has 3 rings (SSSR count). The molecule has 0 fully saturated rings. The molecule has 0 saturated carbocycles. The minimum Gasteiger partial charge on any atom is -0.353 e. The van der Waals surface area contributed by atoms with Crippen LogP contribution in [0.25, 0.3) is 0 Å². The molecule has 0 bridgehead atoms. The summed E-state index contributed by atoms with van der Waals surface area (Å²) in [6.07, 6.45) is 4.77. The van der Waals surface area contributed by atoms with Crippen LogP contribution in [0.3, 0.4) is 0 Å². The van der Waals surface area contributed by atoms with Gasteiger partial charge < -0.3 is 9.88 Å². The van der Waals surface area contributed by atoms with E-state index in [2.05, 4.69) is 30.3 Å². The highest BCUT2D eigenvalue weighted by Crippen LogP contribution is 2.17. The number of hydrogen-bond donors (Lipinski definition) is 1. The molecule has 3 heterocycles. The highest BCUT2D eigenvalue weighted by molar-refractivity contribution is 7.15. The number of aromatic nitrogens is 5. The molecule has 1 N–H and O–H groups in total. The van der Waals surface area contributed by atoms with Gasteiger partial charge in [0, 0.05) is 13.0 Å². The third-order valence-corrected chi connectivity index (χ3v) is 3.91. The van der Waals surface area contributed by atoms with Crippen molar-refractivity contribution in [2.45, 2.75) is 45.7 Å². The highest BCUT2D eigenvalue weighted by Gasteiger charge is 2.14. The molecule has 0 aliphatic carbocycles. The summed E-state index contributed by atoms with van der Waals surface area (Å²) in [5, 5.41) is 21.6. The van der Waals surface area contributed by atoms with Crippen molar-refractivity contribution in [2.75, 3.05) is 5.32 Å². The molecule has 6 nitrogen and oxygen atoms in total. The zero-order valence-corrected chi connectivity index (χ0v) is 11.2. The number of anilines is 1. The van der Waals surface area contributed by atoms with Crippen molar-refractivity contribution in [1.29, 1.82) is 0 Å². The van der Waals surface area contributed by atoms with Crippen LogP contribution in [-0.2, 0) is 19.5 Å². The van der Waals surface area contributed by atoms with E-state index in [1.54, 1.807) is 11.3 Å². The second kappa shape index (κ2) is 5.01. The van der Waals surface area contributed by atoms with Crippen LogP contribution in [-0.4, -0.2) is 25.0 Å². The third-order valence-electron chi connectivity index (χ3n) is 3.11. The van der Waals surface area contributed by atoms with E-state index in [-0.39, 0.29) is 0 Å². The molecule has 18 heavy (non-hydrogen) atoms. The molecule has 2 aromatic heterocycles. The van der Waals surface area contributed by atoms with Crippen LogP contribution in [0.4, 0.5) is 5.13 Å². The molecule has 0 saturated heterocycles. The Balaban J connectivity index is 1.71. The maximum Gasteiger partial charge on any atom is 0.206 e. The van der Waals surface area contributed by atoms with E-state index in [4.69, 9.17) is 0 Å². The summed E-state index contributed by atoms with van der Waals surface area (Å²) in [5.74, 6) is 2.12. The highest BCUT2D eigenvalue weighted by atomic mass is 32.1. The number of hydrogen-bond acceptors (Lipinski definition) is 6. The van der Waals surface area contributed by atoms with Crippen molar-refractivity contribution >= 4 is 16.5 Å². The minimum atomic E-state index is 0.668. The predicted octanol–water partition coefficient (Wildman–Crippen LogP) is 1.78. The molecular weight excluding hydrogens is 248 g/mol. The van der Waals surface area contributed by atoms with Gasteiger partial charge in [-0.15, -0.1) is 20.4 Å². The molecule has 96 valence electrons. The maximum absolute atomic E-state index is 4.27. The summed E-state index contributed by atoms with van der Waals surface area (Å²) in [6.45, 7) is 3.65. The maximum atomic E-state index is 4.27. The van der Waals surface area contributed by atoms with E-state index in [9.17, 15) is 0 Å². The minimum absolute atomic E-state index is 0.668. The molecule has 0 spiro atoms. The van der Waals surface area contributed by atoms with E-state index in [0.717, 1.165) is 34.8 Å². The zero-order valence-electron chi connectivity index (χ0n) is 10.4. The Bertz CT molecular complexity index is 531. The predicted molar refractivity (Wildman–Crippen MR) is 69.5 cm³/mol. The Morgan fingerprint density at radius 1 is 1.17 bits per heavy atom. The average Bonchev–Trinajstić information content (AvgIpc) is 2.87. The van der Waals surface area contributed by atoms with Gasteiger partial charge in [-0.2, -0.15) is 0 Å². The van der Waals surface area contributed by atoms with Crippen LogP contribution < -0.4 is 5.32 Å². The van der Waals surface area contributed by atoms with E-state index < -0.39 is 0 Å². The molecule has 1 aliphatic rings. The van der Waals surface area contributed by atoms with Gasteiger partial charge in [-0.25, -0.2) is 0 Å². The summed E-state index contributed by atoms with van der Waals surface area (Å²) in [6, 6.07) is 0. The van der Waals surface area contributed by atoms with Crippen LogP contribution in [0.1, 0.15) is 35.9 Å². The fourth-order valence-corrected chi connectivity index (χ4v) is 2.79. The molecular formula is C11H16N6S. The van der Waals surface area contributed by atoms with Crippen molar-refractivity contribution in [2.24, 2.45) is 0 Å². The number of nitrogens with one attached hydrogen (secondary N) is 1. The Hall–Kier alpha value is -1.50. The molecule has 2 aromatic rings. The van der Waals surface area contributed by atoms with E-state index in [1.807, 2.05) is 6.92 Å². The first-order valence-electron chi connectivity index (χ1n) is 6.28. The molecule has 1 aliphatic heterocycles. The Labute approximate surface area is 109 Å². The van der Waals surface area contributed by atoms with Gasteiger partial charge in [0.15, 0.2) is 5.82 Å². The van der Waals surface area contributed by atoms with Gasteiger partial charge in [-0.1, -0.05) is 17.8 Å². The average molecular weight is 264 g/mol. The lowest BCUT2D eigenvalue weighted by atomic mass is 10.2. The number of rotatable bonds is 3. The summed E-state index contributed by atoms with van der Waals surface area (Å²) in [4.78, 5) is 0. The summed E-state index contributed by atoms with van der Waals surface area (Å²) in [7, 11) is 0. The summed E-state index contributed by atoms with van der Waals surface area (Å²) >= 11 is 1.56. The fourth-order valence-electron chi connectivity index (χ4n) is 2.20. The lowest BCUT2D eigenvalue weighted by Gasteiger charge is -2.06. The molecule has 0 radical (unpaired) electrons. The Kier molecular flexibility index (Phi) is 3.22. The van der Waals surface area contributed by atoms with Crippen LogP contribution in [0, 0.1) is 6.92 Å². The Morgan fingerprint density at radius 3 is 2.94 bits per heavy atom. The fraction of sp³-hybridized carbons (Fsp3) is 0.636. The first-order valence-corrected chi connectivity index (χ1v) is 7.09. The van der Waals surface area contributed by atoms with Crippen molar-refractivity contribution in [1.82, 2.24) is 25.0 Å². The van der Waals surface area contributed by atoms with Gasteiger partial charge >= 0.3 is 0 Å². The third kappa shape index (κ3) is 2.35. The van der Waals surface area contributed by atoms with E-state index in [0.29, 0.717) is 6.54 Å². The lowest BCUT2D eigenvalue weighted by molar-refractivity contribution is 0.610. The normalized spacial score (nSPS) is 15.2. The van der Waals surface area contributed by atoms with Gasteiger partial charge in [0.25, 0.3) is 0 Å². The van der Waals surface area contributed by atoms with E-state index >= 15 is 0 Å². The molecule has 0 amide bonds. The van der Waals surface area contributed by atoms with Gasteiger partial charge in [-0.3, -0.25) is 0 Å². The van der Waals surface area contributed by atoms with Gasteiger partial charge in [0.2, 0.25) is 5.13 Å². The van der Waals surface area contributed by atoms with Gasteiger partial charge in [0.1, 0.15) is 10.8 Å². The first kappa shape index (κ1) is 11.6. The molecule has 0 unspecified atom stereocenters. The summed E-state index contributed by atoms with van der Waals surface area (Å²) in [5.41, 5.74) is 0. The number of nitrogens with zero attached hydrogens (tertiary/aromatic N) is 5. The van der Waals surface area contributed by atoms with Crippen LogP contribution in [0.5, 0.6) is 0 Å². The van der Waals surface area contributed by atoms with Crippen molar-refractivity contribution in [3.8, 4) is 0 Å².